The van der Waals surface area contributed by atoms with Crippen LogP contribution in [-0.4, -0.2) is 11.9 Å². The molecule has 0 aliphatic rings. The van der Waals surface area contributed by atoms with Crippen molar-refractivity contribution in [3.63, 3.8) is 0 Å². The number of carbonyl (C=O) groups excluding carboxylic acids is 2. The first-order chi connectivity index (χ1) is 12.6. The van der Waals surface area contributed by atoms with Crippen molar-refractivity contribution >= 4 is 39.5 Å². The quantitative estimate of drug-likeness (QED) is 0.402. The zero-order valence-electron chi connectivity index (χ0n) is 13.3. The van der Waals surface area contributed by atoms with Crippen molar-refractivity contribution < 1.29 is 19.1 Å². The van der Waals surface area contributed by atoms with Gasteiger partial charge in [-0.1, -0.05) is 48.0 Å². The third kappa shape index (κ3) is 4.12. The number of halogens is 2. The number of esters is 2. The van der Waals surface area contributed by atoms with E-state index in [1.54, 1.807) is 48.5 Å². The van der Waals surface area contributed by atoms with Crippen molar-refractivity contribution in [2.45, 2.75) is 0 Å². The molecule has 0 aromatic heterocycles. The molecule has 0 saturated heterocycles. The second-order valence-electron chi connectivity index (χ2n) is 5.19. The number of hydrogen-bond donors (Lipinski definition) is 0. The predicted octanol–water partition coefficient (Wildman–Crippen LogP) is 5.54. The molecule has 26 heavy (non-hydrogen) atoms. The van der Waals surface area contributed by atoms with Gasteiger partial charge >= 0.3 is 11.9 Å². The van der Waals surface area contributed by atoms with Gasteiger partial charge in [0.15, 0.2) is 0 Å². The largest absolute Gasteiger partial charge is 0.423 e. The highest BCUT2D eigenvalue weighted by atomic mass is 79.9. The minimum atomic E-state index is -0.620. The summed E-state index contributed by atoms with van der Waals surface area (Å²) in [5.41, 5.74) is 0.341. The summed E-state index contributed by atoms with van der Waals surface area (Å²) in [5.74, 6) is -0.400. The summed E-state index contributed by atoms with van der Waals surface area (Å²) in [6, 6.07) is 20.2. The smallest absolute Gasteiger partial charge is 0.345 e. The third-order valence-electron chi connectivity index (χ3n) is 3.43. The zero-order chi connectivity index (χ0) is 18.5. The lowest BCUT2D eigenvalue weighted by Crippen LogP contribution is -2.13. The van der Waals surface area contributed by atoms with Crippen LogP contribution in [0.15, 0.2) is 77.3 Å². The van der Waals surface area contributed by atoms with Gasteiger partial charge in [0.25, 0.3) is 0 Å². The highest BCUT2D eigenvalue weighted by molar-refractivity contribution is 9.10. The lowest BCUT2D eigenvalue weighted by molar-refractivity contribution is 0.0719. The molecule has 3 rings (SSSR count). The number of carbonyl (C=O) groups is 2. The van der Waals surface area contributed by atoms with Gasteiger partial charge in [-0.3, -0.25) is 0 Å². The van der Waals surface area contributed by atoms with Crippen molar-refractivity contribution in [2.24, 2.45) is 0 Å². The van der Waals surface area contributed by atoms with Gasteiger partial charge in [-0.15, -0.1) is 0 Å². The maximum absolute atomic E-state index is 12.3. The van der Waals surface area contributed by atoms with Crippen molar-refractivity contribution in [2.75, 3.05) is 0 Å². The van der Waals surface area contributed by atoms with Crippen molar-refractivity contribution in [1.29, 1.82) is 0 Å². The fourth-order valence-electron chi connectivity index (χ4n) is 2.17. The van der Waals surface area contributed by atoms with E-state index in [0.717, 1.165) is 0 Å². The van der Waals surface area contributed by atoms with Gasteiger partial charge in [0, 0.05) is 0 Å². The molecule has 6 heteroatoms. The summed E-state index contributed by atoms with van der Waals surface area (Å²) in [4.78, 5) is 24.6. The van der Waals surface area contributed by atoms with E-state index < -0.39 is 11.9 Å². The molecule has 130 valence electrons. The van der Waals surface area contributed by atoms with Gasteiger partial charge in [0.2, 0.25) is 0 Å². The molecule has 0 aliphatic carbocycles. The number of para-hydroxylation sites is 2. The van der Waals surface area contributed by atoms with Crippen LogP contribution in [-0.2, 0) is 0 Å². The first-order valence-corrected chi connectivity index (χ1v) is 8.76. The van der Waals surface area contributed by atoms with E-state index in [1.165, 1.54) is 12.1 Å². The molecule has 0 fully saturated rings. The molecular formula is C20H12BrClO4. The highest BCUT2D eigenvalue weighted by Crippen LogP contribution is 2.31. The standard InChI is InChI=1S/C20H12BrClO4/c21-17-15(19(23)25-13-7-3-1-4-8-13)11-12-16(18(17)22)20(24)26-14-9-5-2-6-10-14/h1-12H. The normalized spacial score (nSPS) is 10.2. The van der Waals surface area contributed by atoms with Crippen molar-refractivity contribution in [1.82, 2.24) is 0 Å². The first-order valence-electron chi connectivity index (χ1n) is 7.58. The Bertz CT molecular complexity index is 864. The number of benzene rings is 3. The second-order valence-corrected chi connectivity index (χ2v) is 6.36. The maximum atomic E-state index is 12.3. The van der Waals surface area contributed by atoms with E-state index in [2.05, 4.69) is 15.9 Å². The summed E-state index contributed by atoms with van der Waals surface area (Å²) in [7, 11) is 0. The van der Waals surface area contributed by atoms with Crippen LogP contribution in [0.5, 0.6) is 11.5 Å². The van der Waals surface area contributed by atoms with Gasteiger partial charge in [0.05, 0.1) is 20.6 Å². The van der Waals surface area contributed by atoms with Crippen LogP contribution in [0.1, 0.15) is 20.7 Å². The fourth-order valence-corrected chi connectivity index (χ4v) is 2.92. The molecule has 0 radical (unpaired) electrons. The molecule has 3 aromatic carbocycles. The summed E-state index contributed by atoms with van der Waals surface area (Å²) in [6.45, 7) is 0. The topological polar surface area (TPSA) is 52.6 Å². The highest BCUT2D eigenvalue weighted by Gasteiger charge is 2.21. The Morgan fingerprint density at radius 1 is 0.692 bits per heavy atom. The van der Waals surface area contributed by atoms with E-state index in [9.17, 15) is 9.59 Å². The Kier molecular flexibility index (Phi) is 5.71. The van der Waals surface area contributed by atoms with Crippen LogP contribution >= 0.6 is 27.5 Å². The second kappa shape index (κ2) is 8.17. The Morgan fingerprint density at radius 3 is 1.62 bits per heavy atom. The summed E-state index contributed by atoms with van der Waals surface area (Å²) in [6.07, 6.45) is 0. The summed E-state index contributed by atoms with van der Waals surface area (Å²) < 4.78 is 10.8. The molecule has 0 aliphatic heterocycles. The molecule has 0 atom stereocenters. The Balaban J connectivity index is 1.82. The molecular weight excluding hydrogens is 420 g/mol. The first kappa shape index (κ1) is 18.2. The Hall–Kier alpha value is -2.63. The number of ether oxygens (including phenoxy) is 2. The molecule has 0 bridgehead atoms. The SMILES string of the molecule is O=C(Oc1ccccc1)c1ccc(C(=O)Oc2ccccc2)c(Br)c1Cl. The minimum absolute atomic E-state index is 0.0773. The molecule has 0 heterocycles. The molecule has 0 unspecified atom stereocenters. The molecule has 0 spiro atoms. The minimum Gasteiger partial charge on any atom is -0.423 e. The predicted molar refractivity (Wildman–Crippen MR) is 102 cm³/mol. The fraction of sp³-hybridized carbons (Fsp3) is 0. The Labute approximate surface area is 163 Å². The lowest BCUT2D eigenvalue weighted by Gasteiger charge is -2.10. The van der Waals surface area contributed by atoms with E-state index in [-0.39, 0.29) is 20.6 Å². The van der Waals surface area contributed by atoms with Crippen LogP contribution < -0.4 is 9.47 Å². The molecule has 0 N–H and O–H groups in total. The number of hydrogen-bond acceptors (Lipinski definition) is 4. The molecule has 0 amide bonds. The summed E-state index contributed by atoms with van der Waals surface area (Å²) in [5, 5.41) is 0.0773. The van der Waals surface area contributed by atoms with E-state index in [4.69, 9.17) is 21.1 Å². The monoisotopic (exact) mass is 430 g/mol. The van der Waals surface area contributed by atoms with E-state index >= 15 is 0 Å². The van der Waals surface area contributed by atoms with Gasteiger partial charge in [-0.2, -0.15) is 0 Å². The average Bonchev–Trinajstić information content (AvgIpc) is 2.65. The van der Waals surface area contributed by atoms with Crippen LogP contribution in [0.4, 0.5) is 0 Å². The van der Waals surface area contributed by atoms with Crippen LogP contribution in [0.2, 0.25) is 5.02 Å². The Morgan fingerprint density at radius 2 is 1.12 bits per heavy atom. The van der Waals surface area contributed by atoms with Gasteiger partial charge < -0.3 is 9.47 Å². The maximum Gasteiger partial charge on any atom is 0.345 e. The zero-order valence-corrected chi connectivity index (χ0v) is 15.7. The van der Waals surface area contributed by atoms with Gasteiger partial charge in [-0.05, 0) is 52.3 Å². The van der Waals surface area contributed by atoms with Crippen LogP contribution in [0.25, 0.3) is 0 Å². The average molecular weight is 432 g/mol. The number of rotatable bonds is 4. The summed E-state index contributed by atoms with van der Waals surface area (Å²) >= 11 is 9.51. The van der Waals surface area contributed by atoms with Crippen molar-refractivity contribution in [3.8, 4) is 11.5 Å². The van der Waals surface area contributed by atoms with Crippen molar-refractivity contribution in [3.05, 3.63) is 93.4 Å². The van der Waals surface area contributed by atoms with E-state index in [0.29, 0.717) is 11.5 Å². The van der Waals surface area contributed by atoms with Gasteiger partial charge in [-0.25, -0.2) is 9.59 Å². The van der Waals surface area contributed by atoms with Crippen LogP contribution in [0, 0.1) is 0 Å². The third-order valence-corrected chi connectivity index (χ3v) is 4.87. The molecule has 0 saturated carbocycles. The molecule has 4 nitrogen and oxygen atoms in total. The van der Waals surface area contributed by atoms with Crippen LogP contribution in [0.3, 0.4) is 0 Å². The van der Waals surface area contributed by atoms with E-state index in [1.807, 2.05) is 12.1 Å². The van der Waals surface area contributed by atoms with Gasteiger partial charge in [0.1, 0.15) is 11.5 Å². The molecule has 3 aromatic rings. The lowest BCUT2D eigenvalue weighted by atomic mass is 10.1.